The van der Waals surface area contributed by atoms with Crippen molar-refractivity contribution < 1.29 is 0 Å². The van der Waals surface area contributed by atoms with Gasteiger partial charge in [-0.25, -0.2) is 4.98 Å². The van der Waals surface area contributed by atoms with Crippen LogP contribution in [0.2, 0.25) is 0 Å². The maximum Gasteiger partial charge on any atom is 0.111 e. The SMILES string of the molecule is N#CCn1cnc(-c2ccccc2)c1. The van der Waals surface area contributed by atoms with Crippen molar-refractivity contribution in [2.24, 2.45) is 0 Å². The third kappa shape index (κ3) is 1.64. The number of hydrogen-bond acceptors (Lipinski definition) is 2. The maximum atomic E-state index is 8.50. The molecule has 0 radical (unpaired) electrons. The Balaban J connectivity index is 2.31. The number of benzene rings is 1. The summed E-state index contributed by atoms with van der Waals surface area (Å²) < 4.78 is 1.77. The van der Waals surface area contributed by atoms with Gasteiger partial charge in [0, 0.05) is 11.8 Å². The van der Waals surface area contributed by atoms with Gasteiger partial charge < -0.3 is 4.57 Å². The Bertz CT molecular complexity index is 451. The average molecular weight is 183 g/mol. The Kier molecular flexibility index (Phi) is 2.28. The fourth-order valence-electron chi connectivity index (χ4n) is 1.29. The fourth-order valence-corrected chi connectivity index (χ4v) is 1.29. The Labute approximate surface area is 82.2 Å². The standard InChI is InChI=1S/C11H9N3/c12-6-7-14-8-11(13-9-14)10-4-2-1-3-5-10/h1-5,8-9H,7H2. The molecular formula is C11H9N3. The number of imidazole rings is 1. The monoisotopic (exact) mass is 183 g/mol. The lowest BCUT2D eigenvalue weighted by molar-refractivity contribution is 0.830. The highest BCUT2D eigenvalue weighted by Crippen LogP contribution is 2.15. The van der Waals surface area contributed by atoms with E-state index in [1.165, 1.54) is 0 Å². The number of aromatic nitrogens is 2. The van der Waals surface area contributed by atoms with Crippen molar-refractivity contribution in [2.75, 3.05) is 0 Å². The van der Waals surface area contributed by atoms with Crippen LogP contribution in [0.25, 0.3) is 11.3 Å². The zero-order valence-corrected chi connectivity index (χ0v) is 7.59. The Morgan fingerprint density at radius 3 is 2.79 bits per heavy atom. The largest absolute Gasteiger partial charge is 0.323 e. The molecule has 1 heterocycles. The van der Waals surface area contributed by atoms with Crippen LogP contribution in [0.3, 0.4) is 0 Å². The molecule has 0 aliphatic heterocycles. The summed E-state index contributed by atoms with van der Waals surface area (Å²) in [5.41, 5.74) is 1.98. The predicted molar refractivity (Wildman–Crippen MR) is 53.3 cm³/mol. The number of nitriles is 1. The molecule has 0 atom stereocenters. The van der Waals surface area contributed by atoms with Gasteiger partial charge >= 0.3 is 0 Å². The van der Waals surface area contributed by atoms with Gasteiger partial charge in [-0.15, -0.1) is 0 Å². The first-order valence-corrected chi connectivity index (χ1v) is 4.34. The molecule has 0 N–H and O–H groups in total. The van der Waals surface area contributed by atoms with Crippen LogP contribution in [0.4, 0.5) is 0 Å². The van der Waals surface area contributed by atoms with E-state index in [4.69, 9.17) is 5.26 Å². The Morgan fingerprint density at radius 2 is 2.07 bits per heavy atom. The zero-order valence-electron chi connectivity index (χ0n) is 7.59. The van der Waals surface area contributed by atoms with Crippen molar-refractivity contribution in [3.8, 4) is 17.3 Å². The van der Waals surface area contributed by atoms with Gasteiger partial charge in [-0.1, -0.05) is 30.3 Å². The molecule has 1 aromatic heterocycles. The summed E-state index contributed by atoms with van der Waals surface area (Å²) in [7, 11) is 0. The second kappa shape index (κ2) is 3.75. The van der Waals surface area contributed by atoms with Gasteiger partial charge in [-0.2, -0.15) is 5.26 Å². The van der Waals surface area contributed by atoms with Crippen LogP contribution in [-0.2, 0) is 6.54 Å². The third-order valence-corrected chi connectivity index (χ3v) is 1.96. The highest BCUT2D eigenvalue weighted by Gasteiger charge is 1.99. The zero-order chi connectivity index (χ0) is 9.80. The predicted octanol–water partition coefficient (Wildman–Crippen LogP) is 2.07. The van der Waals surface area contributed by atoms with E-state index in [2.05, 4.69) is 11.1 Å². The van der Waals surface area contributed by atoms with Crippen LogP contribution in [0.1, 0.15) is 0 Å². The van der Waals surface area contributed by atoms with Crippen molar-refractivity contribution in [3.05, 3.63) is 42.9 Å². The van der Waals surface area contributed by atoms with E-state index in [9.17, 15) is 0 Å². The van der Waals surface area contributed by atoms with Crippen molar-refractivity contribution in [2.45, 2.75) is 6.54 Å². The van der Waals surface area contributed by atoms with Gasteiger partial charge in [0.2, 0.25) is 0 Å². The third-order valence-electron chi connectivity index (χ3n) is 1.96. The molecule has 68 valence electrons. The molecule has 0 fully saturated rings. The maximum absolute atomic E-state index is 8.50. The van der Waals surface area contributed by atoms with Crippen LogP contribution < -0.4 is 0 Å². The van der Waals surface area contributed by atoms with E-state index in [1.807, 2.05) is 36.5 Å². The average Bonchev–Trinajstić information content (AvgIpc) is 2.68. The van der Waals surface area contributed by atoms with E-state index in [-0.39, 0.29) is 0 Å². The summed E-state index contributed by atoms with van der Waals surface area (Å²) in [6.45, 7) is 0.347. The van der Waals surface area contributed by atoms with Gasteiger partial charge in [0.25, 0.3) is 0 Å². The molecule has 0 saturated heterocycles. The molecule has 0 aliphatic rings. The highest BCUT2D eigenvalue weighted by molar-refractivity contribution is 5.57. The first-order valence-electron chi connectivity index (χ1n) is 4.34. The lowest BCUT2D eigenvalue weighted by Crippen LogP contribution is -1.88. The molecule has 0 bridgehead atoms. The molecule has 14 heavy (non-hydrogen) atoms. The number of nitrogens with zero attached hydrogens (tertiary/aromatic N) is 3. The molecule has 2 rings (SSSR count). The smallest absolute Gasteiger partial charge is 0.111 e. The molecule has 3 nitrogen and oxygen atoms in total. The topological polar surface area (TPSA) is 41.6 Å². The minimum Gasteiger partial charge on any atom is -0.323 e. The van der Waals surface area contributed by atoms with Gasteiger partial charge in [-0.3, -0.25) is 0 Å². The Hall–Kier alpha value is -2.08. The van der Waals surface area contributed by atoms with Gasteiger partial charge in [0.1, 0.15) is 6.54 Å². The molecule has 0 saturated carbocycles. The van der Waals surface area contributed by atoms with E-state index >= 15 is 0 Å². The molecule has 0 aliphatic carbocycles. The van der Waals surface area contributed by atoms with Crippen molar-refractivity contribution >= 4 is 0 Å². The van der Waals surface area contributed by atoms with Crippen LogP contribution >= 0.6 is 0 Å². The Morgan fingerprint density at radius 1 is 1.29 bits per heavy atom. The van der Waals surface area contributed by atoms with Crippen LogP contribution in [0.15, 0.2) is 42.9 Å². The van der Waals surface area contributed by atoms with Crippen molar-refractivity contribution in [1.82, 2.24) is 9.55 Å². The summed E-state index contributed by atoms with van der Waals surface area (Å²) in [4.78, 5) is 4.22. The van der Waals surface area contributed by atoms with Crippen LogP contribution in [0.5, 0.6) is 0 Å². The minimum atomic E-state index is 0.347. The first kappa shape index (κ1) is 8.52. The quantitative estimate of drug-likeness (QED) is 0.715. The second-order valence-corrected chi connectivity index (χ2v) is 2.96. The molecule has 0 unspecified atom stereocenters. The number of rotatable bonds is 2. The molecule has 0 amide bonds. The molecule has 3 heteroatoms. The van der Waals surface area contributed by atoms with Crippen molar-refractivity contribution in [1.29, 1.82) is 5.26 Å². The number of hydrogen-bond donors (Lipinski definition) is 0. The second-order valence-electron chi connectivity index (χ2n) is 2.96. The molecule has 2 aromatic rings. The van der Waals surface area contributed by atoms with Crippen LogP contribution in [0, 0.1) is 11.3 Å². The molecule has 0 spiro atoms. The van der Waals surface area contributed by atoms with E-state index < -0.39 is 0 Å². The summed E-state index contributed by atoms with van der Waals surface area (Å²) in [6, 6.07) is 12.0. The minimum absolute atomic E-state index is 0.347. The van der Waals surface area contributed by atoms with E-state index in [0.29, 0.717) is 6.54 Å². The van der Waals surface area contributed by atoms with Gasteiger partial charge in [-0.05, 0) is 0 Å². The lowest BCUT2D eigenvalue weighted by atomic mass is 10.2. The fraction of sp³-hybridized carbons (Fsp3) is 0.0909. The van der Waals surface area contributed by atoms with Gasteiger partial charge in [0.05, 0.1) is 18.1 Å². The summed E-state index contributed by atoms with van der Waals surface area (Å²) in [6.07, 6.45) is 3.55. The highest BCUT2D eigenvalue weighted by atomic mass is 15.0. The summed E-state index contributed by atoms with van der Waals surface area (Å²) in [5.74, 6) is 0. The van der Waals surface area contributed by atoms with Crippen LogP contribution in [-0.4, -0.2) is 9.55 Å². The van der Waals surface area contributed by atoms with E-state index in [1.54, 1.807) is 10.9 Å². The van der Waals surface area contributed by atoms with Gasteiger partial charge in [0.15, 0.2) is 0 Å². The van der Waals surface area contributed by atoms with Crippen molar-refractivity contribution in [3.63, 3.8) is 0 Å². The summed E-state index contributed by atoms with van der Waals surface area (Å²) >= 11 is 0. The molecular weight excluding hydrogens is 174 g/mol. The van der Waals surface area contributed by atoms with E-state index in [0.717, 1.165) is 11.3 Å². The first-order chi connectivity index (χ1) is 6.90. The summed E-state index contributed by atoms with van der Waals surface area (Å²) in [5, 5.41) is 8.50. The lowest BCUT2D eigenvalue weighted by Gasteiger charge is -1.93. The molecule has 1 aromatic carbocycles. The normalized spacial score (nSPS) is 9.64.